The minimum atomic E-state index is -1.03. The lowest BCUT2D eigenvalue weighted by molar-refractivity contribution is -0.150. The first kappa shape index (κ1) is 58.8. The van der Waals surface area contributed by atoms with Gasteiger partial charge in [-0.05, 0) is 71.0 Å². The fourth-order valence-corrected chi connectivity index (χ4v) is 11.5. The van der Waals surface area contributed by atoms with Gasteiger partial charge in [0.1, 0.15) is 25.3 Å². The number of hydrogen-bond donors (Lipinski definition) is 2. The van der Waals surface area contributed by atoms with E-state index in [2.05, 4.69) is 29.7 Å². The Morgan fingerprint density at radius 1 is 0.684 bits per heavy atom. The number of rotatable bonds is 25. The molecule has 0 aromatic heterocycles. The average Bonchev–Trinajstić information content (AvgIpc) is 4.03. The summed E-state index contributed by atoms with van der Waals surface area (Å²) in [5.41, 5.74) is 6.02. The predicted molar refractivity (Wildman–Crippen MR) is 293 cm³/mol. The van der Waals surface area contributed by atoms with Crippen molar-refractivity contribution in [2.45, 2.75) is 136 Å². The zero-order valence-corrected chi connectivity index (χ0v) is 46.4. The van der Waals surface area contributed by atoms with Gasteiger partial charge >= 0.3 is 12.1 Å². The molecule has 410 valence electrons. The van der Waals surface area contributed by atoms with E-state index in [-0.39, 0.29) is 55.6 Å². The van der Waals surface area contributed by atoms with Crippen LogP contribution < -0.4 is 10.6 Å². The van der Waals surface area contributed by atoms with Gasteiger partial charge in [0.25, 0.3) is 0 Å². The highest BCUT2D eigenvalue weighted by Gasteiger charge is 2.44. The number of nitrogens with zero attached hydrogens (tertiary/aromatic N) is 3. The van der Waals surface area contributed by atoms with Crippen LogP contribution in [0.25, 0.3) is 11.1 Å². The Kier molecular flexibility index (Phi) is 21.3. The van der Waals surface area contributed by atoms with Crippen LogP contribution in [0.4, 0.5) is 4.79 Å². The minimum Gasteiger partial charge on any atom is -0.459 e. The lowest BCUT2D eigenvalue weighted by Gasteiger charge is -2.43. The van der Waals surface area contributed by atoms with E-state index in [1.165, 1.54) is 19.1 Å². The standard InChI is InChI=1S/C61H81N5O10/c1-12-40(6)55(64(8)53(38(2)3)58(69)63-59(70)54(39(4)5)65(9)61(72)76-37-48-46-30-21-19-28-44(46)45-29-20-22-31-47(45)48)51(73-10)35-52(67)66-33-23-32-50(66)56(74-11)41(7)57(68)62-49(34-42-24-15-13-16-25-42)60(71)75-36-43-26-17-14-18-27-43/h13-22,24-31,38-41,48-51,53-56H,12,23,32-37H2,1-11H3,(H,62,68)(H,63,69,70)/t40-,41+,49-,50-,51+,53-,54-,55-,56+/m0/s1. The van der Waals surface area contributed by atoms with Crippen molar-refractivity contribution < 1.29 is 47.7 Å². The van der Waals surface area contributed by atoms with E-state index in [9.17, 15) is 28.8 Å². The molecule has 6 rings (SSSR count). The van der Waals surface area contributed by atoms with Crippen LogP contribution in [-0.2, 0) is 55.9 Å². The second kappa shape index (κ2) is 27.6. The molecule has 1 aliphatic carbocycles. The predicted octanol–water partition coefficient (Wildman–Crippen LogP) is 8.42. The highest BCUT2D eigenvalue weighted by atomic mass is 16.6. The molecule has 0 radical (unpaired) electrons. The van der Waals surface area contributed by atoms with E-state index in [1.807, 2.05) is 144 Å². The second-order valence-corrected chi connectivity index (χ2v) is 21.3. The number of likely N-dealkylation sites (N-methyl/N-ethyl adjacent to an activating group) is 2. The molecule has 0 bridgehead atoms. The third-order valence-corrected chi connectivity index (χ3v) is 15.6. The number of methoxy groups -OCH3 is 2. The van der Waals surface area contributed by atoms with E-state index in [0.29, 0.717) is 25.8 Å². The van der Waals surface area contributed by atoms with Gasteiger partial charge in [-0.15, -0.1) is 0 Å². The molecular formula is C61H81N5O10. The van der Waals surface area contributed by atoms with Crippen molar-refractivity contribution in [2.24, 2.45) is 23.7 Å². The summed E-state index contributed by atoms with van der Waals surface area (Å²) < 4.78 is 23.9. The number of imide groups is 1. The number of amides is 5. The fraction of sp³-hybridized carbons (Fsp3) is 0.508. The van der Waals surface area contributed by atoms with Gasteiger partial charge in [0, 0.05) is 46.2 Å². The monoisotopic (exact) mass is 1040 g/mol. The lowest BCUT2D eigenvalue weighted by atomic mass is 9.87. The maximum atomic E-state index is 14.6. The summed E-state index contributed by atoms with van der Waals surface area (Å²) in [5, 5.41) is 5.62. The first-order valence-electron chi connectivity index (χ1n) is 27.0. The first-order valence-corrected chi connectivity index (χ1v) is 27.0. The molecule has 5 amide bonds. The zero-order valence-electron chi connectivity index (χ0n) is 46.4. The fourth-order valence-electron chi connectivity index (χ4n) is 11.5. The number of likely N-dealkylation sites (tertiary alicyclic amines) is 1. The summed E-state index contributed by atoms with van der Waals surface area (Å²) in [6, 6.07) is 31.2. The number of carbonyl (C=O) groups is 6. The Balaban J connectivity index is 1.11. The molecule has 1 aliphatic heterocycles. The van der Waals surface area contributed by atoms with E-state index in [1.54, 1.807) is 18.9 Å². The van der Waals surface area contributed by atoms with E-state index < -0.39 is 78.1 Å². The number of esters is 1. The Labute approximate surface area is 450 Å². The summed E-state index contributed by atoms with van der Waals surface area (Å²) in [6.45, 7) is 13.9. The summed E-state index contributed by atoms with van der Waals surface area (Å²) in [4.78, 5) is 89.9. The molecule has 15 heteroatoms. The summed E-state index contributed by atoms with van der Waals surface area (Å²) in [6.07, 6.45) is 0.120. The van der Waals surface area contributed by atoms with Crippen LogP contribution in [0.2, 0.25) is 0 Å². The largest absolute Gasteiger partial charge is 0.459 e. The van der Waals surface area contributed by atoms with E-state index in [0.717, 1.165) is 33.4 Å². The van der Waals surface area contributed by atoms with Crippen LogP contribution in [0.3, 0.4) is 0 Å². The lowest BCUT2D eigenvalue weighted by Crippen LogP contribution is -2.60. The van der Waals surface area contributed by atoms with Crippen molar-refractivity contribution in [1.29, 1.82) is 0 Å². The van der Waals surface area contributed by atoms with Gasteiger partial charge in [-0.2, -0.15) is 0 Å². The summed E-state index contributed by atoms with van der Waals surface area (Å²) in [5.74, 6) is -3.97. The normalized spacial score (nSPS) is 17.4. The van der Waals surface area contributed by atoms with Gasteiger partial charge < -0.3 is 29.2 Å². The van der Waals surface area contributed by atoms with Gasteiger partial charge in [-0.3, -0.25) is 34.3 Å². The number of benzene rings is 4. The van der Waals surface area contributed by atoms with Gasteiger partial charge in [0.05, 0.1) is 36.6 Å². The number of ether oxygens (including phenoxy) is 4. The van der Waals surface area contributed by atoms with Crippen LogP contribution in [0.5, 0.6) is 0 Å². The summed E-state index contributed by atoms with van der Waals surface area (Å²) in [7, 11) is 6.43. The molecule has 1 fully saturated rings. The molecule has 1 heterocycles. The van der Waals surface area contributed by atoms with Gasteiger partial charge in [0.15, 0.2) is 0 Å². The van der Waals surface area contributed by atoms with Crippen molar-refractivity contribution in [3.63, 3.8) is 0 Å². The van der Waals surface area contributed by atoms with Crippen molar-refractivity contribution in [3.8, 4) is 11.1 Å². The van der Waals surface area contributed by atoms with Crippen LogP contribution in [0.1, 0.15) is 102 Å². The minimum absolute atomic E-state index is 0.0263. The third-order valence-electron chi connectivity index (χ3n) is 15.6. The highest BCUT2D eigenvalue weighted by molar-refractivity contribution is 6.01. The maximum Gasteiger partial charge on any atom is 0.410 e. The molecule has 4 aromatic rings. The van der Waals surface area contributed by atoms with Crippen molar-refractivity contribution in [3.05, 3.63) is 131 Å². The SMILES string of the molecule is CC[C@H](C)[C@@H]([C@@H](CC(=O)N1CCC[C@H]1[C@H](OC)[C@@H](C)C(=O)N[C@@H](Cc1ccccc1)C(=O)OCc1ccccc1)OC)N(C)[C@H](C(=O)NC(=O)[C@H](C(C)C)N(C)C(=O)OCC1c2ccccc2-c2ccccc21)C(C)C. The maximum absolute atomic E-state index is 14.6. The topological polar surface area (TPSA) is 173 Å². The average molecular weight is 1040 g/mol. The molecule has 4 aromatic carbocycles. The molecule has 9 atom stereocenters. The number of fused-ring (bicyclic) bond motifs is 3. The van der Waals surface area contributed by atoms with Crippen molar-refractivity contribution in [2.75, 3.05) is 41.5 Å². The number of hydrogen-bond acceptors (Lipinski definition) is 11. The Hall–Kier alpha value is -6.42. The molecule has 2 aliphatic rings. The van der Waals surface area contributed by atoms with Crippen LogP contribution in [-0.4, -0.2) is 134 Å². The van der Waals surface area contributed by atoms with E-state index >= 15 is 0 Å². The summed E-state index contributed by atoms with van der Waals surface area (Å²) >= 11 is 0. The van der Waals surface area contributed by atoms with E-state index in [4.69, 9.17) is 18.9 Å². The third kappa shape index (κ3) is 14.1. The van der Waals surface area contributed by atoms with Gasteiger partial charge in [-0.25, -0.2) is 9.59 Å². The van der Waals surface area contributed by atoms with Crippen molar-refractivity contribution >= 4 is 35.7 Å². The quantitative estimate of drug-likeness (QED) is 0.0611. The van der Waals surface area contributed by atoms with Crippen LogP contribution in [0.15, 0.2) is 109 Å². The molecule has 1 saturated heterocycles. The Bertz CT molecular complexity index is 2530. The molecule has 0 unspecified atom stereocenters. The van der Waals surface area contributed by atoms with Gasteiger partial charge in [-0.1, -0.05) is 164 Å². The highest BCUT2D eigenvalue weighted by Crippen LogP contribution is 2.44. The smallest absolute Gasteiger partial charge is 0.410 e. The van der Waals surface area contributed by atoms with Crippen LogP contribution in [0, 0.1) is 23.7 Å². The molecule has 76 heavy (non-hydrogen) atoms. The van der Waals surface area contributed by atoms with Crippen LogP contribution >= 0.6 is 0 Å². The Morgan fingerprint density at radius 2 is 1.24 bits per heavy atom. The first-order chi connectivity index (χ1) is 36.4. The van der Waals surface area contributed by atoms with Gasteiger partial charge in [0.2, 0.25) is 23.6 Å². The second-order valence-electron chi connectivity index (χ2n) is 21.3. The molecule has 15 nitrogen and oxygen atoms in total. The molecule has 0 spiro atoms. The van der Waals surface area contributed by atoms with Crippen molar-refractivity contribution in [1.82, 2.24) is 25.3 Å². The molecular weight excluding hydrogens is 963 g/mol. The number of nitrogens with one attached hydrogen (secondary N) is 2. The molecule has 0 saturated carbocycles. The molecule has 2 N–H and O–H groups in total. The zero-order chi connectivity index (χ0) is 55.2. The number of carbonyl (C=O) groups excluding carboxylic acids is 6. The Morgan fingerprint density at radius 3 is 1.79 bits per heavy atom.